The van der Waals surface area contributed by atoms with Crippen molar-refractivity contribution < 1.29 is 0 Å². The summed E-state index contributed by atoms with van der Waals surface area (Å²) >= 11 is 41.1. The minimum atomic E-state index is -1.30. The number of halogens is 7. The van der Waals surface area contributed by atoms with Gasteiger partial charge in [-0.15, -0.1) is 0 Å². The number of hydrogen-bond acceptors (Lipinski definition) is 0. The van der Waals surface area contributed by atoms with Gasteiger partial charge in [0.1, 0.15) is 4.33 Å². The van der Waals surface area contributed by atoms with Crippen molar-refractivity contribution in [3.8, 4) is 0 Å². The Labute approximate surface area is 122 Å². The highest BCUT2D eigenvalue weighted by Gasteiger charge is 2.30. The summed E-state index contributed by atoms with van der Waals surface area (Å²) in [5, 5.41) is 0.437. The molecule has 0 aromatic heterocycles. The van der Waals surface area contributed by atoms with E-state index in [-0.39, 0.29) is 30.7 Å². The van der Waals surface area contributed by atoms with Gasteiger partial charge < -0.3 is 0 Å². The zero-order valence-electron chi connectivity index (χ0n) is 7.15. The monoisotopic (exact) mass is 344 g/mol. The maximum Gasteiger partial charge on any atom is 0.143 e. The average Bonchev–Trinajstić information content (AvgIpc) is 2.09. The van der Waals surface area contributed by atoms with Crippen LogP contribution in [0.2, 0.25) is 25.1 Å². The Hall–Kier alpha value is 1.25. The highest BCUT2D eigenvalue weighted by atomic mass is 35.5. The molecule has 0 aliphatic rings. The molecule has 0 saturated heterocycles. The Kier molecular flexibility index (Phi) is 4.63. The summed E-state index contributed by atoms with van der Waals surface area (Å²) in [7, 11) is 0. The third-order valence-corrected chi connectivity index (χ3v) is 4.30. The van der Waals surface area contributed by atoms with E-state index in [0.29, 0.717) is 0 Å². The molecule has 0 spiro atoms. The Morgan fingerprint density at radius 1 is 0.667 bits per heavy atom. The van der Waals surface area contributed by atoms with Gasteiger partial charge in [0, 0.05) is 5.56 Å². The van der Waals surface area contributed by atoms with Crippen LogP contribution in [-0.2, 0) is 4.33 Å². The molecule has 0 fully saturated rings. The van der Waals surface area contributed by atoms with Crippen LogP contribution in [0.1, 0.15) is 12.5 Å². The van der Waals surface area contributed by atoms with Crippen LogP contribution in [-0.4, -0.2) is 0 Å². The van der Waals surface area contributed by atoms with Crippen molar-refractivity contribution in [2.24, 2.45) is 0 Å². The SMILES string of the molecule is CC(Cl)(Cl)c1c(Cl)c(Cl)c(Cl)c(Cl)c1Cl. The molecule has 0 aliphatic heterocycles. The van der Waals surface area contributed by atoms with Gasteiger partial charge in [-0.25, -0.2) is 0 Å². The van der Waals surface area contributed by atoms with Gasteiger partial charge in [0.25, 0.3) is 0 Å². The lowest BCUT2D eigenvalue weighted by Gasteiger charge is -2.19. The van der Waals surface area contributed by atoms with Gasteiger partial charge in [0.2, 0.25) is 0 Å². The third-order valence-electron chi connectivity index (χ3n) is 1.65. The molecular weight excluding hydrogens is 344 g/mol. The molecule has 0 nitrogen and oxygen atoms in total. The van der Waals surface area contributed by atoms with E-state index < -0.39 is 4.33 Å². The van der Waals surface area contributed by atoms with Crippen molar-refractivity contribution in [2.75, 3.05) is 0 Å². The van der Waals surface area contributed by atoms with Gasteiger partial charge in [-0.3, -0.25) is 0 Å². The first-order valence-corrected chi connectivity index (χ1v) is 6.22. The molecular formula is C8H3Cl7. The summed E-state index contributed by atoms with van der Waals surface area (Å²) < 4.78 is -1.30. The van der Waals surface area contributed by atoms with E-state index >= 15 is 0 Å². The van der Waals surface area contributed by atoms with Crippen LogP contribution in [0.25, 0.3) is 0 Å². The molecule has 1 aromatic rings. The maximum atomic E-state index is 5.93. The first kappa shape index (κ1) is 14.3. The summed E-state index contributed by atoms with van der Waals surface area (Å²) in [6.45, 7) is 1.50. The van der Waals surface area contributed by atoms with Crippen molar-refractivity contribution in [1.29, 1.82) is 0 Å². The quantitative estimate of drug-likeness (QED) is 0.305. The molecule has 0 saturated carbocycles. The molecule has 0 amide bonds. The lowest BCUT2D eigenvalue weighted by Crippen LogP contribution is -2.06. The van der Waals surface area contributed by atoms with Crippen LogP contribution < -0.4 is 0 Å². The van der Waals surface area contributed by atoms with Gasteiger partial charge in [-0.1, -0.05) is 81.2 Å². The summed E-state index contributed by atoms with van der Waals surface area (Å²) in [6.07, 6.45) is 0. The highest BCUT2D eigenvalue weighted by molar-refractivity contribution is 6.57. The fourth-order valence-corrected chi connectivity index (χ4v) is 3.08. The van der Waals surface area contributed by atoms with Crippen molar-refractivity contribution in [3.05, 3.63) is 30.7 Å². The lowest BCUT2D eigenvalue weighted by atomic mass is 10.1. The van der Waals surface area contributed by atoms with Crippen molar-refractivity contribution in [2.45, 2.75) is 11.3 Å². The molecule has 1 aromatic carbocycles. The Bertz CT molecular complexity index is 375. The van der Waals surface area contributed by atoms with Gasteiger partial charge in [-0.2, -0.15) is 0 Å². The summed E-state index contributed by atoms with van der Waals surface area (Å²) in [4.78, 5) is 0. The van der Waals surface area contributed by atoms with Gasteiger partial charge in [0.05, 0.1) is 25.1 Å². The molecule has 0 aliphatic carbocycles. The average molecular weight is 347 g/mol. The number of alkyl halides is 2. The van der Waals surface area contributed by atoms with Crippen LogP contribution in [0.4, 0.5) is 0 Å². The number of hydrogen-bond donors (Lipinski definition) is 0. The van der Waals surface area contributed by atoms with Gasteiger partial charge >= 0.3 is 0 Å². The van der Waals surface area contributed by atoms with Crippen LogP contribution in [0.5, 0.6) is 0 Å². The molecule has 0 unspecified atom stereocenters. The molecule has 0 N–H and O–H groups in total. The first-order valence-electron chi connectivity index (χ1n) is 3.57. The largest absolute Gasteiger partial charge is 0.143 e. The molecule has 7 heteroatoms. The second-order valence-corrected chi connectivity index (χ2v) is 6.43. The molecule has 84 valence electrons. The van der Waals surface area contributed by atoms with Crippen molar-refractivity contribution in [3.63, 3.8) is 0 Å². The number of benzene rings is 1. The van der Waals surface area contributed by atoms with E-state index in [1.165, 1.54) is 6.92 Å². The molecule has 15 heavy (non-hydrogen) atoms. The molecule has 0 bridgehead atoms. The second kappa shape index (κ2) is 4.86. The lowest BCUT2D eigenvalue weighted by molar-refractivity contribution is 0.978. The fraction of sp³-hybridized carbons (Fsp3) is 0.250. The van der Waals surface area contributed by atoms with Gasteiger partial charge in [0.15, 0.2) is 0 Å². The third kappa shape index (κ3) is 2.74. The van der Waals surface area contributed by atoms with Crippen molar-refractivity contribution in [1.82, 2.24) is 0 Å². The van der Waals surface area contributed by atoms with E-state index in [1.54, 1.807) is 0 Å². The minimum absolute atomic E-state index is 0.0784. The highest BCUT2D eigenvalue weighted by Crippen LogP contribution is 2.50. The van der Waals surface area contributed by atoms with Crippen LogP contribution >= 0.6 is 81.2 Å². The zero-order valence-corrected chi connectivity index (χ0v) is 12.4. The smallest absolute Gasteiger partial charge is 0.0965 e. The van der Waals surface area contributed by atoms with Gasteiger partial charge in [-0.05, 0) is 6.92 Å². The fourth-order valence-electron chi connectivity index (χ4n) is 0.990. The van der Waals surface area contributed by atoms with Crippen LogP contribution in [0, 0.1) is 0 Å². The second-order valence-electron chi connectivity index (χ2n) is 2.83. The first-order chi connectivity index (χ1) is 6.68. The molecule has 0 heterocycles. The van der Waals surface area contributed by atoms with Crippen LogP contribution in [0.3, 0.4) is 0 Å². The minimum Gasteiger partial charge on any atom is -0.0965 e. The standard InChI is InChI=1S/C8H3Cl7/c1-8(14,15)2-3(9)5(11)7(13)6(12)4(2)10/h1H3. The number of rotatable bonds is 1. The molecule has 0 radical (unpaired) electrons. The Morgan fingerprint density at radius 2 is 0.933 bits per heavy atom. The molecule has 1 rings (SSSR count). The van der Waals surface area contributed by atoms with E-state index in [9.17, 15) is 0 Å². The molecule has 0 atom stereocenters. The van der Waals surface area contributed by atoms with E-state index in [1.807, 2.05) is 0 Å². The van der Waals surface area contributed by atoms with E-state index in [2.05, 4.69) is 0 Å². The predicted octanol–water partition coefficient (Wildman–Crippen LogP) is 6.60. The topological polar surface area (TPSA) is 0 Å². The predicted molar refractivity (Wildman–Crippen MR) is 70.6 cm³/mol. The van der Waals surface area contributed by atoms with E-state index in [4.69, 9.17) is 81.2 Å². The summed E-state index contributed by atoms with van der Waals surface area (Å²) in [5.74, 6) is 0. The Morgan fingerprint density at radius 3 is 1.20 bits per heavy atom. The summed E-state index contributed by atoms with van der Waals surface area (Å²) in [6, 6.07) is 0. The van der Waals surface area contributed by atoms with Crippen LogP contribution in [0.15, 0.2) is 0 Å². The van der Waals surface area contributed by atoms with Crippen molar-refractivity contribution >= 4 is 81.2 Å². The maximum absolute atomic E-state index is 5.93. The Balaban J connectivity index is 3.68. The summed E-state index contributed by atoms with van der Waals surface area (Å²) in [5.41, 5.74) is 0.244. The normalized spacial score (nSPS) is 12.0. The van der Waals surface area contributed by atoms with E-state index in [0.717, 1.165) is 0 Å². The zero-order chi connectivity index (χ0) is 12.0.